The minimum atomic E-state index is -1.22. The van der Waals surface area contributed by atoms with Gasteiger partial charge in [0.1, 0.15) is 18.1 Å². The number of aliphatic carboxylic acids is 1. The highest BCUT2D eigenvalue weighted by Gasteiger charge is 2.29. The van der Waals surface area contributed by atoms with Gasteiger partial charge in [0.25, 0.3) is 0 Å². The van der Waals surface area contributed by atoms with E-state index in [-0.39, 0.29) is 18.6 Å². The average Bonchev–Trinajstić information content (AvgIpc) is 3.30. The largest absolute Gasteiger partial charge is 0.480 e. The monoisotopic (exact) mass is 476 g/mol. The predicted molar refractivity (Wildman–Crippen MR) is 123 cm³/mol. The number of amides is 3. The fourth-order valence-corrected chi connectivity index (χ4v) is 3.16. The van der Waals surface area contributed by atoms with E-state index in [1.54, 1.807) is 0 Å². The van der Waals surface area contributed by atoms with E-state index in [2.05, 4.69) is 38.5 Å². The minimum absolute atomic E-state index is 0.0715. The second-order valence-electron chi connectivity index (χ2n) is 7.45. The fourth-order valence-electron chi connectivity index (χ4n) is 2.91. The van der Waals surface area contributed by atoms with Crippen LogP contribution in [-0.4, -0.2) is 68.7 Å². The summed E-state index contributed by atoms with van der Waals surface area (Å²) >= 11 is 4.07. The molecule has 7 N–H and O–H groups in total. The van der Waals surface area contributed by atoms with Crippen LogP contribution >= 0.6 is 12.6 Å². The molecule has 4 atom stereocenters. The Hall–Kier alpha value is -3.38. The Balaban J connectivity index is 2.08. The highest BCUT2D eigenvalue weighted by atomic mass is 32.1. The molecule has 0 bridgehead atoms. The maximum absolute atomic E-state index is 12.9. The number of carbonyl (C=O) groups excluding carboxylic acids is 3. The Kier molecular flexibility index (Phi) is 9.88. The third kappa shape index (κ3) is 8.24. The zero-order valence-electron chi connectivity index (χ0n) is 18.0. The van der Waals surface area contributed by atoms with Crippen LogP contribution in [0.15, 0.2) is 42.9 Å². The molecule has 0 saturated carbocycles. The number of nitrogens with two attached hydrogens (primary N) is 1. The zero-order chi connectivity index (χ0) is 24.4. The van der Waals surface area contributed by atoms with Crippen LogP contribution in [0, 0.1) is 0 Å². The van der Waals surface area contributed by atoms with Crippen LogP contribution in [0.2, 0.25) is 0 Å². The lowest BCUT2D eigenvalue weighted by atomic mass is 10.0. The Bertz CT molecular complexity index is 940. The molecular formula is C21H28N6O5S. The first-order valence-corrected chi connectivity index (χ1v) is 10.9. The van der Waals surface area contributed by atoms with Gasteiger partial charge in [-0.05, 0) is 18.9 Å². The van der Waals surface area contributed by atoms with Crippen molar-refractivity contribution in [2.75, 3.05) is 5.75 Å². The number of hydrogen-bond donors (Lipinski definition) is 7. The van der Waals surface area contributed by atoms with Gasteiger partial charge in [-0.3, -0.25) is 19.2 Å². The maximum atomic E-state index is 12.9. The van der Waals surface area contributed by atoms with Gasteiger partial charge in [0.15, 0.2) is 0 Å². The molecule has 0 aliphatic heterocycles. The van der Waals surface area contributed by atoms with Gasteiger partial charge in [-0.25, -0.2) is 4.98 Å². The third-order valence-electron chi connectivity index (χ3n) is 4.79. The van der Waals surface area contributed by atoms with Crippen molar-refractivity contribution in [1.82, 2.24) is 25.9 Å². The van der Waals surface area contributed by atoms with Gasteiger partial charge in [-0.15, -0.1) is 0 Å². The van der Waals surface area contributed by atoms with E-state index in [0.29, 0.717) is 5.69 Å². The van der Waals surface area contributed by atoms with Gasteiger partial charge in [-0.2, -0.15) is 12.6 Å². The van der Waals surface area contributed by atoms with E-state index in [4.69, 9.17) is 10.8 Å². The first-order chi connectivity index (χ1) is 15.7. The molecule has 3 amide bonds. The molecule has 1 heterocycles. The topological polar surface area (TPSA) is 179 Å². The summed E-state index contributed by atoms with van der Waals surface area (Å²) in [5.41, 5.74) is 7.49. The van der Waals surface area contributed by atoms with Crippen molar-refractivity contribution in [3.63, 3.8) is 0 Å². The lowest BCUT2D eigenvalue weighted by molar-refractivity contribution is -0.141. The van der Waals surface area contributed by atoms with Gasteiger partial charge < -0.3 is 31.8 Å². The van der Waals surface area contributed by atoms with Crippen LogP contribution in [0.5, 0.6) is 0 Å². The van der Waals surface area contributed by atoms with Crippen LogP contribution in [0.1, 0.15) is 18.2 Å². The normalized spacial score (nSPS) is 14.4. The van der Waals surface area contributed by atoms with Crippen LogP contribution in [0.3, 0.4) is 0 Å². The molecule has 2 aromatic rings. The molecule has 178 valence electrons. The molecule has 0 fully saturated rings. The number of carboxylic acid groups (broad SMARTS) is 1. The zero-order valence-corrected chi connectivity index (χ0v) is 18.9. The third-order valence-corrected chi connectivity index (χ3v) is 5.16. The number of carbonyl (C=O) groups is 4. The number of hydrogen-bond acceptors (Lipinski definition) is 7. The van der Waals surface area contributed by atoms with Crippen molar-refractivity contribution in [3.05, 3.63) is 54.1 Å². The first kappa shape index (κ1) is 25.9. The lowest BCUT2D eigenvalue weighted by Gasteiger charge is -2.24. The summed E-state index contributed by atoms with van der Waals surface area (Å²) in [6.07, 6.45) is 3.29. The van der Waals surface area contributed by atoms with E-state index in [0.717, 1.165) is 5.56 Å². The molecule has 0 aliphatic carbocycles. The summed E-state index contributed by atoms with van der Waals surface area (Å²) in [5, 5.41) is 16.4. The smallest absolute Gasteiger partial charge is 0.325 e. The fraction of sp³-hybridized carbons (Fsp3) is 0.381. The van der Waals surface area contributed by atoms with E-state index in [1.807, 2.05) is 30.3 Å². The molecule has 1 aromatic carbocycles. The van der Waals surface area contributed by atoms with E-state index in [1.165, 1.54) is 19.4 Å². The standard InChI is InChI=1S/C21H28N6O5S/c1-12(21(31)32)25-20(30)17(10-33)27-19(29)16(8-14-9-23-11-24-14)26-18(28)15(22)7-13-5-3-2-4-6-13/h2-6,9,11-12,15-17,33H,7-8,10,22H2,1H3,(H,23,24)(H,25,30)(H,26,28)(H,27,29)(H,31,32). The maximum Gasteiger partial charge on any atom is 0.325 e. The number of H-pyrrole nitrogens is 1. The highest BCUT2D eigenvalue weighted by molar-refractivity contribution is 7.80. The lowest BCUT2D eigenvalue weighted by Crippen LogP contribution is -2.58. The number of carboxylic acids is 1. The Morgan fingerprint density at radius 2 is 1.67 bits per heavy atom. The minimum Gasteiger partial charge on any atom is -0.480 e. The van der Waals surface area contributed by atoms with Gasteiger partial charge >= 0.3 is 5.97 Å². The molecule has 33 heavy (non-hydrogen) atoms. The average molecular weight is 477 g/mol. The second-order valence-corrected chi connectivity index (χ2v) is 7.82. The molecule has 12 heteroatoms. The van der Waals surface area contributed by atoms with E-state index >= 15 is 0 Å². The van der Waals surface area contributed by atoms with Crippen molar-refractivity contribution in [2.24, 2.45) is 5.73 Å². The Morgan fingerprint density at radius 1 is 1.03 bits per heavy atom. The number of nitrogens with zero attached hydrogens (tertiary/aromatic N) is 1. The summed E-state index contributed by atoms with van der Waals surface area (Å²) in [4.78, 5) is 55.7. The quantitative estimate of drug-likeness (QED) is 0.192. The number of rotatable bonds is 12. The summed E-state index contributed by atoms with van der Waals surface area (Å²) < 4.78 is 0. The molecule has 0 radical (unpaired) electrons. The summed E-state index contributed by atoms with van der Waals surface area (Å²) in [6, 6.07) is 4.99. The van der Waals surface area contributed by atoms with Crippen LogP contribution in [-0.2, 0) is 32.0 Å². The number of aromatic nitrogens is 2. The van der Waals surface area contributed by atoms with Crippen molar-refractivity contribution in [3.8, 4) is 0 Å². The second kappa shape index (κ2) is 12.6. The summed E-state index contributed by atoms with van der Waals surface area (Å²) in [5.74, 6) is -3.20. The first-order valence-electron chi connectivity index (χ1n) is 10.2. The number of nitrogens with one attached hydrogen (secondary N) is 4. The van der Waals surface area contributed by atoms with E-state index < -0.39 is 47.9 Å². The molecule has 0 spiro atoms. The van der Waals surface area contributed by atoms with E-state index in [9.17, 15) is 19.2 Å². The number of imidazole rings is 1. The van der Waals surface area contributed by atoms with Crippen LogP contribution in [0.25, 0.3) is 0 Å². The van der Waals surface area contributed by atoms with Crippen molar-refractivity contribution in [2.45, 2.75) is 43.9 Å². The summed E-state index contributed by atoms with van der Waals surface area (Å²) in [7, 11) is 0. The molecule has 11 nitrogen and oxygen atoms in total. The molecular weight excluding hydrogens is 448 g/mol. The predicted octanol–water partition coefficient (Wildman–Crippen LogP) is -0.989. The van der Waals surface area contributed by atoms with Crippen LogP contribution < -0.4 is 21.7 Å². The molecule has 1 aromatic heterocycles. The van der Waals surface area contributed by atoms with Gasteiger partial charge in [-0.1, -0.05) is 30.3 Å². The number of benzene rings is 1. The summed E-state index contributed by atoms with van der Waals surface area (Å²) in [6.45, 7) is 1.30. The number of thiol groups is 1. The molecule has 2 rings (SSSR count). The SMILES string of the molecule is CC(NC(=O)C(CS)NC(=O)C(Cc1cnc[nH]1)NC(=O)C(N)Cc1ccccc1)C(=O)O. The Morgan fingerprint density at radius 3 is 2.24 bits per heavy atom. The van der Waals surface area contributed by atoms with Gasteiger partial charge in [0.2, 0.25) is 17.7 Å². The molecule has 0 saturated heterocycles. The van der Waals surface area contributed by atoms with Crippen molar-refractivity contribution in [1.29, 1.82) is 0 Å². The number of aromatic amines is 1. The van der Waals surface area contributed by atoms with Gasteiger partial charge in [0, 0.05) is 24.1 Å². The Labute approximate surface area is 196 Å². The highest BCUT2D eigenvalue weighted by Crippen LogP contribution is 2.05. The molecule has 0 aliphatic rings. The molecule has 4 unspecified atom stereocenters. The van der Waals surface area contributed by atoms with Crippen molar-refractivity contribution < 1.29 is 24.3 Å². The van der Waals surface area contributed by atoms with Gasteiger partial charge in [0.05, 0.1) is 12.4 Å². The van der Waals surface area contributed by atoms with Crippen molar-refractivity contribution >= 4 is 36.3 Å². The van der Waals surface area contributed by atoms with Crippen LogP contribution in [0.4, 0.5) is 0 Å².